The molecule has 0 radical (unpaired) electrons. The lowest BCUT2D eigenvalue weighted by molar-refractivity contribution is -0.151. The van der Waals surface area contributed by atoms with Gasteiger partial charge in [0.1, 0.15) is 12.1 Å². The lowest BCUT2D eigenvalue weighted by Crippen LogP contribution is -2.41. The van der Waals surface area contributed by atoms with Crippen molar-refractivity contribution in [2.75, 3.05) is 0 Å². The van der Waals surface area contributed by atoms with Gasteiger partial charge in [-0.3, -0.25) is 4.79 Å². The molecule has 2 unspecified atom stereocenters. The summed E-state index contributed by atoms with van der Waals surface area (Å²) < 4.78 is 32.7. The molecule has 0 saturated carbocycles. The van der Waals surface area contributed by atoms with Crippen LogP contribution in [0.4, 0.5) is 0 Å². The molecule has 2 aromatic carbocycles. The minimum Gasteiger partial charge on any atom is -0.461 e. The Labute approximate surface area is 154 Å². The van der Waals surface area contributed by atoms with Gasteiger partial charge in [-0.25, -0.2) is 8.42 Å². The summed E-state index contributed by atoms with van der Waals surface area (Å²) in [6.07, 6.45) is 2.06. The Morgan fingerprint density at radius 3 is 2.46 bits per heavy atom. The molecule has 26 heavy (non-hydrogen) atoms. The van der Waals surface area contributed by atoms with Crippen LogP contribution in [0.1, 0.15) is 30.0 Å². The van der Waals surface area contributed by atoms with Crippen LogP contribution in [-0.4, -0.2) is 26.5 Å². The van der Waals surface area contributed by atoms with Gasteiger partial charge in [-0.2, -0.15) is 4.72 Å². The molecule has 0 aliphatic heterocycles. The van der Waals surface area contributed by atoms with Crippen molar-refractivity contribution < 1.29 is 17.9 Å². The molecule has 0 heterocycles. The summed E-state index contributed by atoms with van der Waals surface area (Å²) >= 11 is 0. The first-order chi connectivity index (χ1) is 12.3. The number of sulfonamides is 1. The van der Waals surface area contributed by atoms with Gasteiger partial charge < -0.3 is 4.74 Å². The predicted octanol–water partition coefficient (Wildman–Crippen LogP) is 2.76. The van der Waals surface area contributed by atoms with Gasteiger partial charge in [0.2, 0.25) is 10.0 Å². The first kappa shape index (κ1) is 18.6. The molecule has 1 aliphatic rings. The summed E-state index contributed by atoms with van der Waals surface area (Å²) in [4.78, 5) is 12.5. The van der Waals surface area contributed by atoms with Crippen molar-refractivity contribution in [2.45, 2.75) is 50.2 Å². The third kappa shape index (κ3) is 4.31. The summed E-state index contributed by atoms with van der Waals surface area (Å²) in [5.41, 5.74) is 3.44. The van der Waals surface area contributed by atoms with Crippen molar-refractivity contribution >= 4 is 16.0 Å². The van der Waals surface area contributed by atoms with E-state index in [4.69, 9.17) is 4.74 Å². The number of ether oxygens (including phenoxy) is 1. The fraction of sp³-hybridized carbons (Fsp3) is 0.350. The molecule has 2 atom stereocenters. The molecule has 0 fully saturated rings. The van der Waals surface area contributed by atoms with Gasteiger partial charge in [0.05, 0.1) is 4.90 Å². The van der Waals surface area contributed by atoms with Crippen LogP contribution in [0.3, 0.4) is 0 Å². The van der Waals surface area contributed by atoms with E-state index in [0.29, 0.717) is 6.42 Å². The van der Waals surface area contributed by atoms with E-state index >= 15 is 0 Å². The van der Waals surface area contributed by atoms with Crippen molar-refractivity contribution in [2.24, 2.45) is 0 Å². The number of nitrogens with one attached hydrogen (secondary N) is 1. The van der Waals surface area contributed by atoms with Gasteiger partial charge in [-0.05, 0) is 49.9 Å². The second-order valence-corrected chi connectivity index (χ2v) is 8.44. The largest absolute Gasteiger partial charge is 0.461 e. The van der Waals surface area contributed by atoms with Crippen molar-refractivity contribution in [3.8, 4) is 0 Å². The highest BCUT2D eigenvalue weighted by molar-refractivity contribution is 7.89. The summed E-state index contributed by atoms with van der Waals surface area (Å²) in [6, 6.07) is 13.6. The molecule has 0 saturated heterocycles. The number of fused-ring (bicyclic) bond motifs is 1. The van der Waals surface area contributed by atoms with E-state index in [2.05, 4.69) is 10.8 Å². The zero-order chi connectivity index (χ0) is 18.7. The van der Waals surface area contributed by atoms with Gasteiger partial charge >= 0.3 is 5.97 Å². The van der Waals surface area contributed by atoms with E-state index in [0.717, 1.165) is 18.4 Å². The van der Waals surface area contributed by atoms with Gasteiger partial charge in [0.25, 0.3) is 0 Å². The molecule has 1 N–H and O–H groups in total. The Morgan fingerprint density at radius 1 is 1.12 bits per heavy atom. The number of hydrogen-bond donors (Lipinski definition) is 1. The molecule has 0 aromatic heterocycles. The molecule has 1 aliphatic carbocycles. The first-order valence-corrected chi connectivity index (χ1v) is 10.2. The van der Waals surface area contributed by atoms with Crippen LogP contribution in [0, 0.1) is 6.92 Å². The topological polar surface area (TPSA) is 72.5 Å². The second-order valence-electron chi connectivity index (χ2n) is 6.73. The van der Waals surface area contributed by atoms with Crippen LogP contribution in [0.5, 0.6) is 0 Å². The molecule has 2 aromatic rings. The zero-order valence-electron chi connectivity index (χ0n) is 14.9. The number of carbonyl (C=O) groups is 1. The maximum Gasteiger partial charge on any atom is 0.324 e. The van der Waals surface area contributed by atoms with Crippen molar-refractivity contribution in [1.82, 2.24) is 4.72 Å². The number of carbonyl (C=O) groups excluding carboxylic acids is 1. The van der Waals surface area contributed by atoms with Crippen LogP contribution in [0.2, 0.25) is 0 Å². The minimum atomic E-state index is -3.76. The molecule has 138 valence electrons. The van der Waals surface area contributed by atoms with Gasteiger partial charge in [0.15, 0.2) is 0 Å². The van der Waals surface area contributed by atoms with Gasteiger partial charge in [-0.1, -0.05) is 42.0 Å². The molecule has 6 heteroatoms. The smallest absolute Gasteiger partial charge is 0.324 e. The molecule has 3 rings (SSSR count). The Kier molecular flexibility index (Phi) is 5.44. The Balaban J connectivity index is 1.61. The number of benzene rings is 2. The van der Waals surface area contributed by atoms with E-state index in [1.807, 2.05) is 25.1 Å². The summed E-state index contributed by atoms with van der Waals surface area (Å²) in [7, 11) is -3.76. The van der Waals surface area contributed by atoms with Crippen molar-refractivity contribution in [3.63, 3.8) is 0 Å². The van der Waals surface area contributed by atoms with E-state index in [9.17, 15) is 13.2 Å². The minimum absolute atomic E-state index is 0.134. The van der Waals surface area contributed by atoms with Crippen molar-refractivity contribution in [1.29, 1.82) is 0 Å². The number of hydrogen-bond acceptors (Lipinski definition) is 4. The average Bonchev–Trinajstić information content (AvgIpc) is 2.61. The average molecular weight is 373 g/mol. The number of rotatable bonds is 5. The standard InChI is InChI=1S/C20H23NO4S/c1-14-7-11-19(12-8-14)26(23,24)21-15(2)20(22)25-18-10-9-16-5-3-4-6-17(16)13-18/h3-8,11-12,15,18,21H,9-10,13H2,1-2H3. The van der Waals surface area contributed by atoms with E-state index in [1.165, 1.54) is 30.2 Å². The number of esters is 1. The second kappa shape index (κ2) is 7.60. The SMILES string of the molecule is Cc1ccc(S(=O)(=O)NC(C)C(=O)OC2CCc3ccccc3C2)cc1. The Hall–Kier alpha value is -2.18. The molecular formula is C20H23NO4S. The van der Waals surface area contributed by atoms with Crippen LogP contribution in [0.25, 0.3) is 0 Å². The first-order valence-electron chi connectivity index (χ1n) is 8.71. The van der Waals surface area contributed by atoms with Gasteiger partial charge in [-0.15, -0.1) is 0 Å². The summed E-state index contributed by atoms with van der Waals surface area (Å²) in [5.74, 6) is -0.551. The number of aryl methyl sites for hydroxylation is 2. The normalized spacial score (nSPS) is 18.0. The lowest BCUT2D eigenvalue weighted by Gasteiger charge is -2.26. The van der Waals surface area contributed by atoms with Gasteiger partial charge in [0, 0.05) is 6.42 Å². The van der Waals surface area contributed by atoms with Crippen molar-refractivity contribution in [3.05, 3.63) is 65.2 Å². The maximum atomic E-state index is 12.4. The predicted molar refractivity (Wildman–Crippen MR) is 99.3 cm³/mol. The quantitative estimate of drug-likeness (QED) is 0.818. The van der Waals surface area contributed by atoms with Crippen LogP contribution in [-0.2, 0) is 32.4 Å². The Bertz CT molecular complexity index is 890. The van der Waals surface area contributed by atoms with E-state index in [1.54, 1.807) is 12.1 Å². The third-order valence-corrected chi connectivity index (χ3v) is 6.16. The van der Waals surface area contributed by atoms with Crippen LogP contribution in [0.15, 0.2) is 53.4 Å². The summed E-state index contributed by atoms with van der Waals surface area (Å²) in [5, 5.41) is 0. The fourth-order valence-electron chi connectivity index (χ4n) is 3.10. The zero-order valence-corrected chi connectivity index (χ0v) is 15.8. The maximum absolute atomic E-state index is 12.4. The summed E-state index contributed by atoms with van der Waals surface area (Å²) in [6.45, 7) is 3.39. The van der Waals surface area contributed by atoms with Crippen LogP contribution < -0.4 is 4.72 Å². The fourth-order valence-corrected chi connectivity index (χ4v) is 4.29. The molecule has 0 spiro atoms. The monoisotopic (exact) mass is 373 g/mol. The van der Waals surface area contributed by atoms with E-state index in [-0.39, 0.29) is 11.0 Å². The third-order valence-electron chi connectivity index (χ3n) is 4.60. The lowest BCUT2D eigenvalue weighted by atomic mass is 9.90. The molecular weight excluding hydrogens is 350 g/mol. The molecule has 5 nitrogen and oxygen atoms in total. The molecule has 0 amide bonds. The van der Waals surface area contributed by atoms with Crippen LogP contribution >= 0.6 is 0 Å². The Morgan fingerprint density at radius 2 is 1.77 bits per heavy atom. The highest BCUT2D eigenvalue weighted by Gasteiger charge is 2.27. The highest BCUT2D eigenvalue weighted by atomic mass is 32.2. The molecule has 0 bridgehead atoms. The highest BCUT2D eigenvalue weighted by Crippen LogP contribution is 2.23. The van der Waals surface area contributed by atoms with E-state index < -0.39 is 22.0 Å².